The van der Waals surface area contributed by atoms with Crippen molar-refractivity contribution in [3.05, 3.63) is 54.1 Å². The SMILES string of the molecule is COCCCNC(=O)c1cccc(NCC(=O)Nc2cccc(NC(C)=O)c2)c1. The van der Waals surface area contributed by atoms with Crippen molar-refractivity contribution in [1.82, 2.24) is 5.32 Å². The molecule has 0 aliphatic carbocycles. The van der Waals surface area contributed by atoms with Gasteiger partial charge in [0.05, 0.1) is 6.54 Å². The molecule has 3 amide bonds. The highest BCUT2D eigenvalue weighted by molar-refractivity contribution is 5.96. The Balaban J connectivity index is 1.85. The smallest absolute Gasteiger partial charge is 0.251 e. The first kappa shape index (κ1) is 21.9. The summed E-state index contributed by atoms with van der Waals surface area (Å²) >= 11 is 0. The summed E-state index contributed by atoms with van der Waals surface area (Å²) < 4.78 is 4.95. The number of ether oxygens (including phenoxy) is 1. The van der Waals surface area contributed by atoms with E-state index < -0.39 is 0 Å². The van der Waals surface area contributed by atoms with Gasteiger partial charge in [-0.25, -0.2) is 0 Å². The number of carbonyl (C=O) groups is 3. The molecule has 8 nitrogen and oxygen atoms in total. The van der Waals surface area contributed by atoms with Crippen LogP contribution in [0, 0.1) is 0 Å². The van der Waals surface area contributed by atoms with Gasteiger partial charge in [-0.15, -0.1) is 0 Å². The number of carbonyl (C=O) groups excluding carboxylic acids is 3. The predicted molar refractivity (Wildman–Crippen MR) is 113 cm³/mol. The molecule has 0 bridgehead atoms. The van der Waals surface area contributed by atoms with E-state index in [4.69, 9.17) is 4.74 Å². The predicted octanol–water partition coefficient (Wildman–Crippen LogP) is 2.46. The van der Waals surface area contributed by atoms with Crippen LogP contribution in [0.3, 0.4) is 0 Å². The molecule has 0 saturated carbocycles. The van der Waals surface area contributed by atoms with Crippen molar-refractivity contribution >= 4 is 34.8 Å². The molecule has 4 N–H and O–H groups in total. The van der Waals surface area contributed by atoms with E-state index in [1.165, 1.54) is 6.92 Å². The third-order valence-electron chi connectivity index (χ3n) is 3.86. The highest BCUT2D eigenvalue weighted by atomic mass is 16.5. The number of benzene rings is 2. The van der Waals surface area contributed by atoms with Gasteiger partial charge >= 0.3 is 0 Å². The zero-order chi connectivity index (χ0) is 21.1. The second-order valence-electron chi connectivity index (χ2n) is 6.35. The van der Waals surface area contributed by atoms with Crippen molar-refractivity contribution < 1.29 is 19.1 Å². The van der Waals surface area contributed by atoms with Gasteiger partial charge in [0.15, 0.2) is 0 Å². The molecule has 8 heteroatoms. The number of hydrogen-bond donors (Lipinski definition) is 4. The van der Waals surface area contributed by atoms with E-state index in [1.807, 2.05) is 0 Å². The minimum atomic E-state index is -0.251. The van der Waals surface area contributed by atoms with Crippen molar-refractivity contribution in [3.63, 3.8) is 0 Å². The van der Waals surface area contributed by atoms with Crippen LogP contribution in [0.1, 0.15) is 23.7 Å². The highest BCUT2D eigenvalue weighted by Crippen LogP contribution is 2.15. The van der Waals surface area contributed by atoms with Gasteiger partial charge in [-0.05, 0) is 42.8 Å². The van der Waals surface area contributed by atoms with Crippen LogP contribution in [-0.2, 0) is 14.3 Å². The Morgan fingerprint density at radius 3 is 2.34 bits per heavy atom. The number of amides is 3. The number of hydrogen-bond acceptors (Lipinski definition) is 5. The molecule has 0 heterocycles. The molecule has 0 radical (unpaired) electrons. The highest BCUT2D eigenvalue weighted by Gasteiger charge is 2.07. The van der Waals surface area contributed by atoms with E-state index in [0.29, 0.717) is 35.8 Å². The Morgan fingerprint density at radius 1 is 0.931 bits per heavy atom. The molecule has 0 aliphatic heterocycles. The normalized spacial score (nSPS) is 10.1. The average Bonchev–Trinajstić information content (AvgIpc) is 2.69. The standard InChI is InChI=1S/C21H26N4O4/c1-15(26)24-18-8-4-9-19(13-18)25-20(27)14-23-17-7-3-6-16(12-17)21(28)22-10-5-11-29-2/h3-4,6-9,12-13,23H,5,10-11,14H2,1-2H3,(H,22,28)(H,24,26)(H,25,27). The van der Waals surface area contributed by atoms with Crippen LogP contribution in [0.2, 0.25) is 0 Å². The van der Waals surface area contributed by atoms with E-state index in [0.717, 1.165) is 6.42 Å². The van der Waals surface area contributed by atoms with Gasteiger partial charge in [0.1, 0.15) is 0 Å². The van der Waals surface area contributed by atoms with Crippen LogP contribution in [0.15, 0.2) is 48.5 Å². The monoisotopic (exact) mass is 398 g/mol. The van der Waals surface area contributed by atoms with Gasteiger partial charge in [-0.3, -0.25) is 14.4 Å². The molecule has 0 saturated heterocycles. The summed E-state index contributed by atoms with van der Waals surface area (Å²) in [5, 5.41) is 11.2. The second kappa shape index (κ2) is 11.5. The van der Waals surface area contributed by atoms with Crippen LogP contribution in [-0.4, -0.2) is 44.5 Å². The molecule has 0 spiro atoms. The first-order chi connectivity index (χ1) is 14.0. The third-order valence-corrected chi connectivity index (χ3v) is 3.86. The quantitative estimate of drug-likeness (QED) is 0.460. The van der Waals surface area contributed by atoms with Gasteiger partial charge in [-0.2, -0.15) is 0 Å². The topological polar surface area (TPSA) is 109 Å². The van der Waals surface area contributed by atoms with Gasteiger partial charge in [0, 0.05) is 49.8 Å². The van der Waals surface area contributed by atoms with Crippen LogP contribution in [0.4, 0.5) is 17.1 Å². The molecule has 2 aromatic rings. The van der Waals surface area contributed by atoms with E-state index in [9.17, 15) is 14.4 Å². The van der Waals surface area contributed by atoms with Crippen LogP contribution >= 0.6 is 0 Å². The summed E-state index contributed by atoms with van der Waals surface area (Å²) in [6.45, 7) is 2.57. The lowest BCUT2D eigenvalue weighted by molar-refractivity contribution is -0.115. The summed E-state index contributed by atoms with van der Waals surface area (Å²) in [5.41, 5.74) is 2.35. The molecule has 0 fully saturated rings. The molecule has 0 aromatic heterocycles. The van der Waals surface area contributed by atoms with Crippen molar-refractivity contribution in [2.75, 3.05) is 42.8 Å². The number of rotatable bonds is 10. The maximum absolute atomic E-state index is 12.2. The summed E-state index contributed by atoms with van der Waals surface area (Å²) in [4.78, 5) is 35.5. The first-order valence-electron chi connectivity index (χ1n) is 9.26. The van der Waals surface area contributed by atoms with Gasteiger partial charge < -0.3 is 26.0 Å². The van der Waals surface area contributed by atoms with Crippen molar-refractivity contribution in [2.24, 2.45) is 0 Å². The van der Waals surface area contributed by atoms with E-state index in [1.54, 1.807) is 55.6 Å². The molecule has 154 valence electrons. The van der Waals surface area contributed by atoms with Crippen LogP contribution in [0.5, 0.6) is 0 Å². The zero-order valence-electron chi connectivity index (χ0n) is 16.6. The van der Waals surface area contributed by atoms with Crippen molar-refractivity contribution in [3.8, 4) is 0 Å². The Hall–Kier alpha value is -3.39. The fourth-order valence-corrected chi connectivity index (χ4v) is 2.56. The minimum absolute atomic E-state index is 0.0310. The Morgan fingerprint density at radius 2 is 1.62 bits per heavy atom. The second-order valence-corrected chi connectivity index (χ2v) is 6.35. The van der Waals surface area contributed by atoms with Gasteiger partial charge in [0.25, 0.3) is 5.91 Å². The van der Waals surface area contributed by atoms with Gasteiger partial charge in [0.2, 0.25) is 11.8 Å². The average molecular weight is 398 g/mol. The molecule has 29 heavy (non-hydrogen) atoms. The number of nitrogens with one attached hydrogen (secondary N) is 4. The van der Waals surface area contributed by atoms with E-state index in [-0.39, 0.29) is 24.3 Å². The summed E-state index contributed by atoms with van der Waals surface area (Å²) in [5.74, 6) is -0.610. The maximum Gasteiger partial charge on any atom is 0.251 e. The van der Waals surface area contributed by atoms with Crippen LogP contribution < -0.4 is 21.3 Å². The molecular formula is C21H26N4O4. The lowest BCUT2D eigenvalue weighted by atomic mass is 10.2. The Kier molecular flexibility index (Phi) is 8.65. The van der Waals surface area contributed by atoms with Crippen molar-refractivity contribution in [1.29, 1.82) is 0 Å². The first-order valence-corrected chi connectivity index (χ1v) is 9.26. The van der Waals surface area contributed by atoms with E-state index >= 15 is 0 Å². The van der Waals surface area contributed by atoms with Gasteiger partial charge in [-0.1, -0.05) is 12.1 Å². The maximum atomic E-state index is 12.2. The molecule has 2 aromatic carbocycles. The fourth-order valence-electron chi connectivity index (χ4n) is 2.56. The summed E-state index contributed by atoms with van der Waals surface area (Å²) in [6.07, 6.45) is 0.740. The lowest BCUT2D eigenvalue weighted by Gasteiger charge is -2.10. The Bertz CT molecular complexity index is 854. The number of anilines is 3. The summed E-state index contributed by atoms with van der Waals surface area (Å²) in [7, 11) is 1.62. The third kappa shape index (κ3) is 8.02. The van der Waals surface area contributed by atoms with Crippen LogP contribution in [0.25, 0.3) is 0 Å². The minimum Gasteiger partial charge on any atom is -0.385 e. The summed E-state index contributed by atoms with van der Waals surface area (Å²) in [6, 6.07) is 13.8. The molecule has 0 aliphatic rings. The largest absolute Gasteiger partial charge is 0.385 e. The molecule has 0 unspecified atom stereocenters. The zero-order valence-corrected chi connectivity index (χ0v) is 16.6. The molecular weight excluding hydrogens is 372 g/mol. The number of methoxy groups -OCH3 is 1. The van der Waals surface area contributed by atoms with E-state index in [2.05, 4.69) is 21.3 Å². The molecule has 2 rings (SSSR count). The van der Waals surface area contributed by atoms with Crippen molar-refractivity contribution in [2.45, 2.75) is 13.3 Å². The Labute approximate surface area is 170 Å². The fraction of sp³-hybridized carbons (Fsp3) is 0.286. The molecule has 0 atom stereocenters. The lowest BCUT2D eigenvalue weighted by Crippen LogP contribution is -2.25.